The Morgan fingerprint density at radius 2 is 1.56 bits per heavy atom. The standard InChI is InChI=1S/C13H23O2S/c1-10(14)11(12(15)13(2,3)4)16-8-6-5-7-9-16/h11H,5-9H2,1-4H3/q+1. The Kier molecular flexibility index (Phi) is 4.60. The van der Waals surface area contributed by atoms with Gasteiger partial charge >= 0.3 is 0 Å². The predicted octanol–water partition coefficient (Wildman–Crippen LogP) is 2.36. The summed E-state index contributed by atoms with van der Waals surface area (Å²) in [4.78, 5) is 24.0. The second-order valence-electron chi connectivity index (χ2n) is 5.61. The molecule has 0 aromatic carbocycles. The summed E-state index contributed by atoms with van der Waals surface area (Å²) in [6.07, 6.45) is 3.63. The van der Waals surface area contributed by atoms with E-state index in [9.17, 15) is 9.59 Å². The summed E-state index contributed by atoms with van der Waals surface area (Å²) < 4.78 is 0. The van der Waals surface area contributed by atoms with E-state index in [0.717, 1.165) is 11.5 Å². The molecule has 1 heterocycles. The number of rotatable bonds is 3. The minimum Gasteiger partial charge on any atom is -0.294 e. The van der Waals surface area contributed by atoms with Crippen LogP contribution in [0, 0.1) is 5.41 Å². The summed E-state index contributed by atoms with van der Waals surface area (Å²) in [5, 5.41) is -0.319. The summed E-state index contributed by atoms with van der Waals surface area (Å²) in [6, 6.07) is 0. The van der Waals surface area contributed by atoms with Gasteiger partial charge in [-0.15, -0.1) is 0 Å². The van der Waals surface area contributed by atoms with E-state index in [1.807, 2.05) is 20.8 Å². The molecule has 1 aliphatic heterocycles. The van der Waals surface area contributed by atoms with E-state index >= 15 is 0 Å². The Morgan fingerprint density at radius 3 is 1.94 bits per heavy atom. The van der Waals surface area contributed by atoms with Gasteiger partial charge in [0.2, 0.25) is 5.25 Å². The molecule has 92 valence electrons. The van der Waals surface area contributed by atoms with Crippen LogP contribution in [0.3, 0.4) is 0 Å². The van der Waals surface area contributed by atoms with Gasteiger partial charge < -0.3 is 0 Å². The van der Waals surface area contributed by atoms with Crippen molar-refractivity contribution in [2.75, 3.05) is 11.5 Å². The Labute approximate surface area is 102 Å². The molecule has 1 unspecified atom stereocenters. The molecule has 0 bridgehead atoms. The number of hydrogen-bond acceptors (Lipinski definition) is 2. The van der Waals surface area contributed by atoms with Crippen LogP contribution in [0.25, 0.3) is 0 Å². The first kappa shape index (κ1) is 13.8. The van der Waals surface area contributed by atoms with Crippen LogP contribution in [-0.4, -0.2) is 28.3 Å². The fourth-order valence-corrected chi connectivity index (χ4v) is 5.00. The summed E-state index contributed by atoms with van der Waals surface area (Å²) in [6.45, 7) is 7.33. The van der Waals surface area contributed by atoms with Crippen LogP contribution in [0.5, 0.6) is 0 Å². The molecule has 1 saturated heterocycles. The van der Waals surface area contributed by atoms with Gasteiger partial charge in [-0.3, -0.25) is 9.59 Å². The first-order valence-electron chi connectivity index (χ1n) is 6.05. The molecule has 1 fully saturated rings. The van der Waals surface area contributed by atoms with Crippen LogP contribution in [0.1, 0.15) is 47.0 Å². The molecule has 0 aromatic rings. The fraction of sp³-hybridized carbons (Fsp3) is 0.846. The summed E-state index contributed by atoms with van der Waals surface area (Å²) in [7, 11) is 0.0118. The molecule has 0 amide bonds. The Balaban J connectivity index is 2.82. The van der Waals surface area contributed by atoms with Gasteiger partial charge in [-0.25, -0.2) is 0 Å². The molecule has 0 aromatic heterocycles. The highest BCUT2D eigenvalue weighted by molar-refractivity contribution is 7.98. The van der Waals surface area contributed by atoms with Crippen molar-refractivity contribution in [2.45, 2.75) is 52.2 Å². The van der Waals surface area contributed by atoms with Crippen LogP contribution < -0.4 is 0 Å². The van der Waals surface area contributed by atoms with Crippen LogP contribution in [0.4, 0.5) is 0 Å². The van der Waals surface area contributed by atoms with Crippen molar-refractivity contribution in [3.05, 3.63) is 0 Å². The van der Waals surface area contributed by atoms with Gasteiger partial charge in [-0.1, -0.05) is 20.8 Å². The average molecular weight is 243 g/mol. The lowest BCUT2D eigenvalue weighted by Crippen LogP contribution is -2.46. The van der Waals surface area contributed by atoms with Crippen LogP contribution in [0.15, 0.2) is 0 Å². The van der Waals surface area contributed by atoms with E-state index in [1.54, 1.807) is 6.92 Å². The monoisotopic (exact) mass is 243 g/mol. The lowest BCUT2D eigenvalue weighted by atomic mass is 9.88. The zero-order valence-electron chi connectivity index (χ0n) is 10.8. The van der Waals surface area contributed by atoms with Gasteiger partial charge in [-0.05, 0) is 19.3 Å². The molecule has 0 spiro atoms. The molecule has 0 saturated carbocycles. The van der Waals surface area contributed by atoms with E-state index in [-0.39, 0.29) is 33.1 Å². The molecular formula is C13H23O2S+. The maximum absolute atomic E-state index is 12.3. The van der Waals surface area contributed by atoms with E-state index in [4.69, 9.17) is 0 Å². The van der Waals surface area contributed by atoms with Crippen molar-refractivity contribution >= 4 is 22.5 Å². The summed E-state index contributed by atoms with van der Waals surface area (Å²) in [5.41, 5.74) is -0.388. The van der Waals surface area contributed by atoms with E-state index < -0.39 is 0 Å². The van der Waals surface area contributed by atoms with Crippen molar-refractivity contribution in [2.24, 2.45) is 5.41 Å². The third-order valence-corrected chi connectivity index (χ3v) is 5.83. The maximum atomic E-state index is 12.3. The van der Waals surface area contributed by atoms with Gasteiger partial charge in [0.1, 0.15) is 11.5 Å². The minimum atomic E-state index is -0.388. The second kappa shape index (κ2) is 5.35. The largest absolute Gasteiger partial charge is 0.294 e. The first-order chi connectivity index (χ1) is 7.34. The highest BCUT2D eigenvalue weighted by atomic mass is 32.2. The number of Topliss-reactive ketones (excluding diaryl/α,β-unsaturated/α-hetero) is 2. The maximum Gasteiger partial charge on any atom is 0.233 e. The van der Waals surface area contributed by atoms with Crippen LogP contribution in [0.2, 0.25) is 0 Å². The third kappa shape index (κ3) is 3.34. The highest BCUT2D eigenvalue weighted by Crippen LogP contribution is 2.26. The van der Waals surface area contributed by atoms with Crippen molar-refractivity contribution in [3.8, 4) is 0 Å². The molecule has 1 atom stereocenters. The molecule has 1 aliphatic rings. The SMILES string of the molecule is CC(=O)C(C(=O)C(C)(C)C)[S+]1CCCCC1. The number of carbonyl (C=O) groups is 2. The quantitative estimate of drug-likeness (QED) is 0.563. The lowest BCUT2D eigenvalue weighted by molar-refractivity contribution is -0.130. The van der Waals surface area contributed by atoms with Gasteiger partial charge in [0.05, 0.1) is 0 Å². The van der Waals surface area contributed by atoms with E-state index in [1.165, 1.54) is 19.3 Å². The summed E-state index contributed by atoms with van der Waals surface area (Å²) in [5.74, 6) is 2.37. The Bertz CT molecular complexity index is 272. The summed E-state index contributed by atoms with van der Waals surface area (Å²) >= 11 is 0. The molecule has 0 N–H and O–H groups in total. The molecule has 16 heavy (non-hydrogen) atoms. The number of hydrogen-bond donors (Lipinski definition) is 0. The van der Waals surface area contributed by atoms with Gasteiger partial charge in [0.25, 0.3) is 0 Å². The Morgan fingerprint density at radius 1 is 1.06 bits per heavy atom. The molecule has 2 nitrogen and oxygen atoms in total. The molecular weight excluding hydrogens is 220 g/mol. The van der Waals surface area contributed by atoms with Crippen LogP contribution in [-0.2, 0) is 20.5 Å². The third-order valence-electron chi connectivity index (χ3n) is 2.99. The zero-order chi connectivity index (χ0) is 12.3. The molecule has 0 aliphatic carbocycles. The predicted molar refractivity (Wildman–Crippen MR) is 69.9 cm³/mol. The van der Waals surface area contributed by atoms with Crippen molar-refractivity contribution in [3.63, 3.8) is 0 Å². The Hall–Kier alpha value is -0.310. The number of ketones is 2. The number of carbonyl (C=O) groups excluding carboxylic acids is 2. The minimum absolute atomic E-state index is 0.0118. The highest BCUT2D eigenvalue weighted by Gasteiger charge is 2.45. The lowest BCUT2D eigenvalue weighted by Gasteiger charge is -2.25. The zero-order valence-corrected chi connectivity index (χ0v) is 11.7. The second-order valence-corrected chi connectivity index (χ2v) is 7.97. The van der Waals surface area contributed by atoms with Gasteiger partial charge in [-0.2, -0.15) is 0 Å². The molecule has 3 heteroatoms. The first-order valence-corrected chi connectivity index (χ1v) is 7.67. The average Bonchev–Trinajstić information content (AvgIpc) is 2.17. The van der Waals surface area contributed by atoms with Gasteiger partial charge in [0, 0.05) is 23.2 Å². The molecule has 1 rings (SSSR count). The van der Waals surface area contributed by atoms with Crippen LogP contribution >= 0.6 is 0 Å². The van der Waals surface area contributed by atoms with Crippen molar-refractivity contribution in [1.82, 2.24) is 0 Å². The van der Waals surface area contributed by atoms with Gasteiger partial charge in [0.15, 0.2) is 11.6 Å². The smallest absolute Gasteiger partial charge is 0.233 e. The van der Waals surface area contributed by atoms with E-state index in [2.05, 4.69) is 0 Å². The topological polar surface area (TPSA) is 34.1 Å². The fourth-order valence-electron chi connectivity index (χ4n) is 2.05. The van der Waals surface area contributed by atoms with Crippen molar-refractivity contribution < 1.29 is 9.59 Å². The van der Waals surface area contributed by atoms with Crippen molar-refractivity contribution in [1.29, 1.82) is 0 Å². The normalized spacial score (nSPS) is 20.5. The van der Waals surface area contributed by atoms with E-state index in [0.29, 0.717) is 0 Å². The molecule has 0 radical (unpaired) electrons.